The number of piperazine rings is 1. The van der Waals surface area contributed by atoms with Crippen LogP contribution in [0.4, 0.5) is 4.39 Å². The van der Waals surface area contributed by atoms with E-state index in [1.54, 1.807) is 14.1 Å². The van der Waals surface area contributed by atoms with Gasteiger partial charge in [-0.3, -0.25) is 9.59 Å². The van der Waals surface area contributed by atoms with Crippen molar-refractivity contribution in [2.24, 2.45) is 0 Å². The summed E-state index contributed by atoms with van der Waals surface area (Å²) in [4.78, 5) is 27.9. The Bertz CT molecular complexity index is 565. The average molecular weight is 358 g/mol. The first-order valence-electron chi connectivity index (χ1n) is 6.59. The SMILES string of the molecule is CN(C)C(=O)C1CNCCN1C(=O)c1ccc(F)cc1Br. The number of likely N-dealkylation sites (N-methyl/N-ethyl adjacent to an activating group) is 1. The van der Waals surface area contributed by atoms with Crippen LogP contribution in [-0.4, -0.2) is 61.4 Å². The molecule has 1 heterocycles. The molecule has 1 unspecified atom stereocenters. The molecule has 2 amide bonds. The summed E-state index contributed by atoms with van der Waals surface area (Å²) in [5.41, 5.74) is 0.356. The molecule has 7 heteroatoms. The minimum atomic E-state index is -0.543. The summed E-state index contributed by atoms with van der Waals surface area (Å²) < 4.78 is 13.5. The minimum Gasteiger partial charge on any atom is -0.347 e. The topological polar surface area (TPSA) is 52.7 Å². The van der Waals surface area contributed by atoms with Gasteiger partial charge in [0.25, 0.3) is 5.91 Å². The van der Waals surface area contributed by atoms with Crippen molar-refractivity contribution in [3.05, 3.63) is 34.1 Å². The standard InChI is InChI=1S/C14H17BrFN3O2/c1-18(2)14(21)12-8-17-5-6-19(12)13(20)10-4-3-9(16)7-11(10)15/h3-4,7,12,17H,5-6,8H2,1-2H3. The van der Waals surface area contributed by atoms with Gasteiger partial charge in [0, 0.05) is 38.2 Å². The second-order valence-electron chi connectivity index (χ2n) is 5.08. The number of nitrogens with zero attached hydrogens (tertiary/aromatic N) is 2. The van der Waals surface area contributed by atoms with Gasteiger partial charge >= 0.3 is 0 Å². The first-order valence-corrected chi connectivity index (χ1v) is 7.39. The Morgan fingerprint density at radius 3 is 2.76 bits per heavy atom. The Morgan fingerprint density at radius 2 is 2.14 bits per heavy atom. The third-order valence-corrected chi connectivity index (χ3v) is 4.05. The van der Waals surface area contributed by atoms with Gasteiger partial charge in [0.15, 0.2) is 0 Å². The molecule has 0 aliphatic carbocycles. The Kier molecular flexibility index (Phi) is 4.95. The van der Waals surface area contributed by atoms with E-state index in [0.717, 1.165) is 0 Å². The molecule has 2 rings (SSSR count). The van der Waals surface area contributed by atoms with Crippen LogP contribution in [0.1, 0.15) is 10.4 Å². The van der Waals surface area contributed by atoms with Crippen molar-refractivity contribution in [2.75, 3.05) is 33.7 Å². The lowest BCUT2D eigenvalue weighted by atomic mass is 10.1. The van der Waals surface area contributed by atoms with E-state index in [2.05, 4.69) is 21.2 Å². The van der Waals surface area contributed by atoms with Crippen molar-refractivity contribution >= 4 is 27.7 Å². The van der Waals surface area contributed by atoms with Crippen LogP contribution < -0.4 is 5.32 Å². The molecule has 114 valence electrons. The number of halogens is 2. The van der Waals surface area contributed by atoms with Crippen LogP contribution in [0.5, 0.6) is 0 Å². The Morgan fingerprint density at radius 1 is 1.43 bits per heavy atom. The third-order valence-electron chi connectivity index (χ3n) is 3.39. The highest BCUT2D eigenvalue weighted by Crippen LogP contribution is 2.21. The maximum atomic E-state index is 13.1. The fraction of sp³-hybridized carbons (Fsp3) is 0.429. The zero-order valence-corrected chi connectivity index (χ0v) is 13.5. The van der Waals surface area contributed by atoms with E-state index in [0.29, 0.717) is 29.7 Å². The molecule has 0 saturated carbocycles. The van der Waals surface area contributed by atoms with Crippen LogP contribution in [-0.2, 0) is 4.79 Å². The summed E-state index contributed by atoms with van der Waals surface area (Å²) in [5.74, 6) is -0.822. The molecule has 1 aliphatic rings. The predicted molar refractivity (Wildman–Crippen MR) is 80.5 cm³/mol. The van der Waals surface area contributed by atoms with Crippen molar-refractivity contribution in [1.82, 2.24) is 15.1 Å². The van der Waals surface area contributed by atoms with E-state index in [1.165, 1.54) is 28.0 Å². The summed E-state index contributed by atoms with van der Waals surface area (Å²) in [6.07, 6.45) is 0. The van der Waals surface area contributed by atoms with Crippen LogP contribution in [0.2, 0.25) is 0 Å². The zero-order chi connectivity index (χ0) is 15.6. The lowest BCUT2D eigenvalue weighted by Crippen LogP contribution is -2.59. The van der Waals surface area contributed by atoms with Crippen molar-refractivity contribution < 1.29 is 14.0 Å². The molecule has 1 aromatic rings. The van der Waals surface area contributed by atoms with Crippen molar-refractivity contribution in [3.8, 4) is 0 Å². The lowest BCUT2D eigenvalue weighted by Gasteiger charge is -2.36. The molecule has 0 aromatic heterocycles. The van der Waals surface area contributed by atoms with Crippen LogP contribution in [0.3, 0.4) is 0 Å². The number of nitrogens with one attached hydrogen (secondary N) is 1. The van der Waals surface area contributed by atoms with Crippen molar-refractivity contribution in [3.63, 3.8) is 0 Å². The van der Waals surface area contributed by atoms with Crippen LogP contribution in [0.25, 0.3) is 0 Å². The van der Waals surface area contributed by atoms with Gasteiger partial charge in [0.05, 0.1) is 5.56 Å². The van der Waals surface area contributed by atoms with Crippen LogP contribution in [0, 0.1) is 5.82 Å². The van der Waals surface area contributed by atoms with E-state index in [-0.39, 0.29) is 11.8 Å². The third kappa shape index (κ3) is 3.41. The fourth-order valence-electron chi connectivity index (χ4n) is 2.28. The second-order valence-corrected chi connectivity index (χ2v) is 5.93. The van der Waals surface area contributed by atoms with Gasteiger partial charge in [-0.25, -0.2) is 4.39 Å². The first-order chi connectivity index (χ1) is 9.91. The Balaban J connectivity index is 2.28. The summed E-state index contributed by atoms with van der Waals surface area (Å²) in [6, 6.07) is 3.38. The maximum absolute atomic E-state index is 13.1. The van der Waals surface area contributed by atoms with E-state index in [1.807, 2.05) is 0 Å². The number of hydrogen-bond donors (Lipinski definition) is 1. The highest BCUT2D eigenvalue weighted by molar-refractivity contribution is 9.10. The fourth-order valence-corrected chi connectivity index (χ4v) is 2.80. The average Bonchev–Trinajstić information content (AvgIpc) is 2.45. The van der Waals surface area contributed by atoms with E-state index in [4.69, 9.17) is 0 Å². The van der Waals surface area contributed by atoms with Gasteiger partial charge in [0.1, 0.15) is 11.9 Å². The molecule has 21 heavy (non-hydrogen) atoms. The molecule has 5 nitrogen and oxygen atoms in total. The summed E-state index contributed by atoms with van der Waals surface area (Å²) in [6.45, 7) is 1.48. The molecule has 1 atom stereocenters. The molecule has 0 bridgehead atoms. The Labute approximate surface area is 131 Å². The van der Waals surface area contributed by atoms with Crippen LogP contribution in [0.15, 0.2) is 22.7 Å². The number of rotatable bonds is 2. The smallest absolute Gasteiger partial charge is 0.255 e. The summed E-state index contributed by atoms with van der Waals surface area (Å²) in [5, 5.41) is 3.12. The molecule has 1 fully saturated rings. The Hall–Kier alpha value is -1.47. The summed E-state index contributed by atoms with van der Waals surface area (Å²) >= 11 is 3.20. The van der Waals surface area contributed by atoms with Gasteiger partial charge in [0.2, 0.25) is 5.91 Å². The highest BCUT2D eigenvalue weighted by Gasteiger charge is 2.34. The zero-order valence-electron chi connectivity index (χ0n) is 11.9. The van der Waals surface area contributed by atoms with E-state index < -0.39 is 11.9 Å². The van der Waals surface area contributed by atoms with E-state index >= 15 is 0 Å². The number of carbonyl (C=O) groups is 2. The number of carbonyl (C=O) groups excluding carboxylic acids is 2. The number of hydrogen-bond acceptors (Lipinski definition) is 3. The van der Waals surface area contributed by atoms with E-state index in [9.17, 15) is 14.0 Å². The van der Waals surface area contributed by atoms with Gasteiger partial charge in [-0.05, 0) is 34.1 Å². The molecule has 0 spiro atoms. The molecule has 1 aliphatic heterocycles. The quantitative estimate of drug-likeness (QED) is 0.861. The molecular formula is C14H17BrFN3O2. The normalized spacial score (nSPS) is 18.5. The minimum absolute atomic E-state index is 0.131. The van der Waals surface area contributed by atoms with Gasteiger partial charge in [-0.15, -0.1) is 0 Å². The van der Waals surface area contributed by atoms with Gasteiger partial charge in [-0.1, -0.05) is 0 Å². The highest BCUT2D eigenvalue weighted by atomic mass is 79.9. The largest absolute Gasteiger partial charge is 0.347 e. The second kappa shape index (κ2) is 6.53. The lowest BCUT2D eigenvalue weighted by molar-refractivity contribution is -0.134. The number of amides is 2. The molecule has 1 aromatic carbocycles. The van der Waals surface area contributed by atoms with Gasteiger partial charge in [-0.2, -0.15) is 0 Å². The molecule has 1 N–H and O–H groups in total. The monoisotopic (exact) mass is 357 g/mol. The van der Waals surface area contributed by atoms with Gasteiger partial charge < -0.3 is 15.1 Å². The number of benzene rings is 1. The molecule has 1 saturated heterocycles. The van der Waals surface area contributed by atoms with Crippen molar-refractivity contribution in [1.29, 1.82) is 0 Å². The molecular weight excluding hydrogens is 341 g/mol. The predicted octanol–water partition coefficient (Wildman–Crippen LogP) is 1.09. The summed E-state index contributed by atoms with van der Waals surface area (Å²) in [7, 11) is 3.32. The van der Waals surface area contributed by atoms with Crippen molar-refractivity contribution in [2.45, 2.75) is 6.04 Å². The van der Waals surface area contributed by atoms with Crippen LogP contribution >= 0.6 is 15.9 Å². The maximum Gasteiger partial charge on any atom is 0.255 e. The first kappa shape index (κ1) is 15.9. The molecule has 0 radical (unpaired) electrons.